The Hall–Kier alpha value is -2.23. The topological polar surface area (TPSA) is 67.2 Å². The third kappa shape index (κ3) is 2.94. The van der Waals surface area contributed by atoms with Crippen molar-refractivity contribution in [1.29, 1.82) is 5.26 Å². The minimum Gasteiger partial charge on any atom is -0.380 e. The molecule has 0 unspecified atom stereocenters. The summed E-state index contributed by atoms with van der Waals surface area (Å²) in [5.74, 6) is -1.08. The Morgan fingerprint density at radius 3 is 2.52 bits per heavy atom. The predicted molar refractivity (Wildman–Crippen MR) is 91.1 cm³/mol. The van der Waals surface area contributed by atoms with E-state index in [9.17, 15) is 18.1 Å². The molecule has 1 aliphatic rings. The Labute approximate surface area is 146 Å². The van der Waals surface area contributed by atoms with Crippen LogP contribution in [0.25, 0.3) is 0 Å². The van der Waals surface area contributed by atoms with Gasteiger partial charge in [-0.1, -0.05) is 30.3 Å². The van der Waals surface area contributed by atoms with E-state index in [0.29, 0.717) is 12.2 Å². The predicted octanol–water partition coefficient (Wildman–Crippen LogP) is 3.31. The molecule has 1 aliphatic carbocycles. The van der Waals surface area contributed by atoms with Crippen molar-refractivity contribution in [3.63, 3.8) is 0 Å². The molecule has 3 atom stereocenters. The Morgan fingerprint density at radius 1 is 1.20 bits per heavy atom. The van der Waals surface area contributed by atoms with Gasteiger partial charge in [0.05, 0.1) is 22.8 Å². The molecule has 130 valence electrons. The second kappa shape index (κ2) is 6.58. The number of hydrogen-bond donors (Lipinski definition) is 0. The van der Waals surface area contributed by atoms with Gasteiger partial charge in [0.2, 0.25) is 0 Å². The number of nitriles is 1. The lowest BCUT2D eigenvalue weighted by molar-refractivity contribution is 0.117. The molecule has 0 bridgehead atoms. The Morgan fingerprint density at radius 2 is 1.92 bits per heavy atom. The van der Waals surface area contributed by atoms with Crippen molar-refractivity contribution in [3.8, 4) is 6.07 Å². The monoisotopic (exact) mass is 359 g/mol. The molecule has 0 aliphatic heterocycles. The van der Waals surface area contributed by atoms with E-state index in [2.05, 4.69) is 6.07 Å². The van der Waals surface area contributed by atoms with Gasteiger partial charge >= 0.3 is 0 Å². The quantitative estimate of drug-likeness (QED) is 0.794. The lowest BCUT2D eigenvalue weighted by Crippen LogP contribution is -2.19. The molecule has 2 aromatic carbocycles. The van der Waals surface area contributed by atoms with Crippen LogP contribution in [0.2, 0.25) is 0 Å². The molecule has 2 aromatic rings. The summed E-state index contributed by atoms with van der Waals surface area (Å²) >= 11 is 0. The minimum atomic E-state index is -3.75. The van der Waals surface area contributed by atoms with Crippen LogP contribution in [0.5, 0.6) is 0 Å². The Kier molecular flexibility index (Phi) is 4.63. The first-order chi connectivity index (χ1) is 12.0. The molecule has 1 fully saturated rings. The first kappa shape index (κ1) is 17.6. The van der Waals surface area contributed by atoms with Crippen LogP contribution >= 0.6 is 0 Å². The number of rotatable bonds is 6. The van der Waals surface area contributed by atoms with Crippen LogP contribution in [0, 0.1) is 22.6 Å². The van der Waals surface area contributed by atoms with Gasteiger partial charge in [-0.2, -0.15) is 5.26 Å². The number of benzene rings is 2. The molecular formula is C19H18FNO3S. The second-order valence-electron chi connectivity index (χ2n) is 6.10. The van der Waals surface area contributed by atoms with E-state index in [1.54, 1.807) is 31.2 Å². The maximum absolute atomic E-state index is 13.6. The fourth-order valence-electron chi connectivity index (χ4n) is 3.40. The molecule has 0 radical (unpaired) electrons. The van der Waals surface area contributed by atoms with E-state index in [-0.39, 0.29) is 11.5 Å². The fraction of sp³-hybridized carbons (Fsp3) is 0.316. The van der Waals surface area contributed by atoms with Gasteiger partial charge in [0.1, 0.15) is 11.2 Å². The Balaban J connectivity index is 2.08. The van der Waals surface area contributed by atoms with Crippen LogP contribution in [-0.4, -0.2) is 26.9 Å². The van der Waals surface area contributed by atoms with Gasteiger partial charge < -0.3 is 4.74 Å². The maximum Gasteiger partial charge on any atom is 0.183 e. The van der Waals surface area contributed by atoms with Crippen molar-refractivity contribution in [2.24, 2.45) is 5.41 Å². The molecule has 6 heteroatoms. The summed E-state index contributed by atoms with van der Waals surface area (Å²) in [5.41, 5.74) is -0.705. The van der Waals surface area contributed by atoms with Crippen LogP contribution in [0.3, 0.4) is 0 Å². The fourth-order valence-corrected chi connectivity index (χ4v) is 5.73. The summed E-state index contributed by atoms with van der Waals surface area (Å²) < 4.78 is 45.3. The first-order valence-electron chi connectivity index (χ1n) is 8.01. The zero-order valence-electron chi connectivity index (χ0n) is 13.7. The largest absolute Gasteiger partial charge is 0.380 e. The van der Waals surface area contributed by atoms with E-state index in [1.807, 2.05) is 0 Å². The highest BCUT2D eigenvalue weighted by atomic mass is 32.2. The molecule has 0 aromatic heterocycles. The maximum atomic E-state index is 13.6. The summed E-state index contributed by atoms with van der Waals surface area (Å²) in [7, 11) is -3.75. The first-order valence-corrected chi connectivity index (χ1v) is 9.55. The molecule has 0 amide bonds. The SMILES string of the molecule is CCOC[C@@]1(C#N)[C@H](c2cccc(F)c2)[C@@H]1S(=O)(=O)c1ccccc1. The van der Waals surface area contributed by atoms with Crippen molar-refractivity contribution in [2.45, 2.75) is 23.0 Å². The second-order valence-corrected chi connectivity index (χ2v) is 8.17. The molecular weight excluding hydrogens is 341 g/mol. The van der Waals surface area contributed by atoms with Crippen molar-refractivity contribution in [3.05, 3.63) is 66.0 Å². The van der Waals surface area contributed by atoms with Crippen molar-refractivity contribution in [1.82, 2.24) is 0 Å². The van der Waals surface area contributed by atoms with Crippen LogP contribution < -0.4 is 0 Å². The molecule has 0 heterocycles. The number of nitrogens with zero attached hydrogens (tertiary/aromatic N) is 1. The van der Waals surface area contributed by atoms with E-state index in [1.165, 1.54) is 30.3 Å². The lowest BCUT2D eigenvalue weighted by Gasteiger charge is -2.09. The average molecular weight is 359 g/mol. The summed E-state index contributed by atoms with van der Waals surface area (Å²) in [6.07, 6.45) is 0. The highest BCUT2D eigenvalue weighted by Crippen LogP contribution is 2.63. The van der Waals surface area contributed by atoms with E-state index in [0.717, 1.165) is 0 Å². The van der Waals surface area contributed by atoms with Crippen molar-refractivity contribution in [2.75, 3.05) is 13.2 Å². The molecule has 1 saturated carbocycles. The zero-order chi connectivity index (χ0) is 18.1. The average Bonchev–Trinajstić information content (AvgIpc) is 3.31. The summed E-state index contributed by atoms with van der Waals surface area (Å²) in [5, 5.41) is 8.82. The third-order valence-electron chi connectivity index (χ3n) is 4.62. The van der Waals surface area contributed by atoms with Crippen LogP contribution in [0.1, 0.15) is 18.4 Å². The standard InChI is InChI=1S/C19H18FNO3S/c1-2-24-13-19(12-21)17(14-7-6-8-15(20)11-14)18(19)25(22,23)16-9-4-3-5-10-16/h3-11,17-18H,2,13H2,1H3/t17-,18+,19+/m1/s1. The van der Waals surface area contributed by atoms with Gasteiger partial charge in [-0.15, -0.1) is 0 Å². The molecule has 0 saturated heterocycles. The normalized spacial score (nSPS) is 25.3. The number of halogens is 1. The highest BCUT2D eigenvalue weighted by Gasteiger charge is 2.72. The van der Waals surface area contributed by atoms with Gasteiger partial charge in [0.15, 0.2) is 9.84 Å². The lowest BCUT2D eigenvalue weighted by atomic mass is 10.0. The smallest absolute Gasteiger partial charge is 0.183 e. The van der Waals surface area contributed by atoms with Gasteiger partial charge in [-0.3, -0.25) is 0 Å². The highest BCUT2D eigenvalue weighted by molar-refractivity contribution is 7.92. The number of hydrogen-bond acceptors (Lipinski definition) is 4. The summed E-state index contributed by atoms with van der Waals surface area (Å²) in [6, 6.07) is 16.0. The van der Waals surface area contributed by atoms with Crippen LogP contribution in [-0.2, 0) is 14.6 Å². The molecule has 4 nitrogen and oxygen atoms in total. The van der Waals surface area contributed by atoms with Gasteiger partial charge in [0, 0.05) is 12.5 Å². The zero-order valence-corrected chi connectivity index (χ0v) is 14.5. The number of sulfone groups is 1. The Bertz CT molecular complexity index is 908. The summed E-state index contributed by atoms with van der Waals surface area (Å²) in [6.45, 7) is 2.15. The molecule has 0 spiro atoms. The molecule has 3 rings (SSSR count). The minimum absolute atomic E-state index is 0.00207. The number of ether oxygens (including phenoxy) is 1. The van der Waals surface area contributed by atoms with Crippen LogP contribution in [0.15, 0.2) is 59.5 Å². The third-order valence-corrected chi connectivity index (χ3v) is 6.91. The summed E-state index contributed by atoms with van der Waals surface area (Å²) in [4.78, 5) is 0.162. The molecule has 25 heavy (non-hydrogen) atoms. The van der Waals surface area contributed by atoms with E-state index < -0.39 is 32.2 Å². The van der Waals surface area contributed by atoms with Crippen molar-refractivity contribution < 1.29 is 17.5 Å². The van der Waals surface area contributed by atoms with Gasteiger partial charge in [-0.25, -0.2) is 12.8 Å². The van der Waals surface area contributed by atoms with Crippen molar-refractivity contribution >= 4 is 9.84 Å². The van der Waals surface area contributed by atoms with Gasteiger partial charge in [0.25, 0.3) is 0 Å². The van der Waals surface area contributed by atoms with Crippen LogP contribution in [0.4, 0.5) is 4.39 Å². The van der Waals surface area contributed by atoms with Gasteiger partial charge in [-0.05, 0) is 36.8 Å². The van der Waals surface area contributed by atoms with E-state index >= 15 is 0 Å². The van der Waals surface area contributed by atoms with E-state index in [4.69, 9.17) is 4.74 Å². The molecule has 0 N–H and O–H groups in total.